The second-order valence-electron chi connectivity index (χ2n) is 6.27. The van der Waals surface area contributed by atoms with Gasteiger partial charge in [0.2, 0.25) is 5.91 Å². The average molecular weight is 356 g/mol. The molecule has 0 aliphatic carbocycles. The van der Waals surface area contributed by atoms with Crippen LogP contribution < -0.4 is 4.74 Å². The molecule has 1 aliphatic heterocycles. The Hall–Kier alpha value is -2.28. The molecule has 1 amide bonds. The van der Waals surface area contributed by atoms with Crippen LogP contribution in [0.15, 0.2) is 29.4 Å². The molecule has 6 nitrogen and oxygen atoms in total. The summed E-state index contributed by atoms with van der Waals surface area (Å²) < 4.78 is 7.36. The van der Waals surface area contributed by atoms with Gasteiger partial charge < -0.3 is 9.64 Å². The number of hydrogen-bond acceptors (Lipinski definition) is 5. The van der Waals surface area contributed by atoms with E-state index in [1.807, 2.05) is 34.4 Å². The molecule has 25 heavy (non-hydrogen) atoms. The van der Waals surface area contributed by atoms with Crippen molar-refractivity contribution in [1.82, 2.24) is 19.5 Å². The number of amides is 1. The second-order valence-corrected chi connectivity index (χ2v) is 7.21. The standard InChI is InChI=1S/C18H20N4O2S/c1-12-9-13-10-14(24-2)5-6-15(13)22-17(12)19-20-18(22)25-11-16(23)21-7-3-4-8-21/h5-6,9-10H,3-4,7-8,11H2,1-2H3. The first-order chi connectivity index (χ1) is 12.2. The van der Waals surface area contributed by atoms with Gasteiger partial charge in [-0.25, -0.2) is 0 Å². The van der Waals surface area contributed by atoms with Crippen molar-refractivity contribution in [1.29, 1.82) is 0 Å². The molecule has 0 bridgehead atoms. The lowest BCUT2D eigenvalue weighted by atomic mass is 10.1. The summed E-state index contributed by atoms with van der Waals surface area (Å²) >= 11 is 1.45. The zero-order valence-electron chi connectivity index (χ0n) is 14.4. The summed E-state index contributed by atoms with van der Waals surface area (Å²) in [5, 5.41) is 10.5. The van der Waals surface area contributed by atoms with Crippen molar-refractivity contribution < 1.29 is 9.53 Å². The van der Waals surface area contributed by atoms with E-state index < -0.39 is 0 Å². The molecule has 0 unspecified atom stereocenters. The number of thioether (sulfide) groups is 1. The minimum atomic E-state index is 0.179. The van der Waals surface area contributed by atoms with Crippen LogP contribution in [0, 0.1) is 6.92 Å². The first kappa shape index (κ1) is 16.2. The van der Waals surface area contributed by atoms with E-state index in [2.05, 4.69) is 16.3 Å². The molecule has 4 rings (SSSR count). The van der Waals surface area contributed by atoms with Crippen molar-refractivity contribution in [3.8, 4) is 5.75 Å². The van der Waals surface area contributed by atoms with Gasteiger partial charge >= 0.3 is 0 Å². The van der Waals surface area contributed by atoms with Crippen LogP contribution in [0.2, 0.25) is 0 Å². The molecule has 0 spiro atoms. The molecule has 1 saturated heterocycles. The predicted molar refractivity (Wildman–Crippen MR) is 98.3 cm³/mol. The van der Waals surface area contributed by atoms with E-state index in [0.717, 1.165) is 59.0 Å². The SMILES string of the molecule is COc1ccc2c(c1)cc(C)c1nnc(SCC(=O)N3CCCC3)n12. The van der Waals surface area contributed by atoms with Crippen LogP contribution in [-0.4, -0.2) is 51.4 Å². The maximum Gasteiger partial charge on any atom is 0.233 e. The fraction of sp³-hybridized carbons (Fsp3) is 0.389. The number of carbonyl (C=O) groups is 1. The predicted octanol–water partition coefficient (Wildman–Crippen LogP) is 2.91. The Labute approximate surface area is 150 Å². The Bertz CT molecular complexity index is 947. The third kappa shape index (κ3) is 2.93. The van der Waals surface area contributed by atoms with Gasteiger partial charge in [-0.3, -0.25) is 9.20 Å². The van der Waals surface area contributed by atoms with Crippen LogP contribution in [0.25, 0.3) is 16.6 Å². The van der Waals surface area contributed by atoms with E-state index in [1.165, 1.54) is 11.8 Å². The van der Waals surface area contributed by atoms with Crippen molar-refractivity contribution >= 4 is 34.2 Å². The van der Waals surface area contributed by atoms with E-state index in [-0.39, 0.29) is 5.91 Å². The molecule has 1 fully saturated rings. The van der Waals surface area contributed by atoms with Crippen molar-refractivity contribution in [3.63, 3.8) is 0 Å². The zero-order chi connectivity index (χ0) is 17.4. The molecule has 130 valence electrons. The van der Waals surface area contributed by atoms with Crippen molar-refractivity contribution in [2.75, 3.05) is 26.0 Å². The van der Waals surface area contributed by atoms with Crippen molar-refractivity contribution in [2.24, 2.45) is 0 Å². The summed E-state index contributed by atoms with van der Waals surface area (Å²) in [5.41, 5.74) is 2.89. The fourth-order valence-corrected chi connectivity index (χ4v) is 4.14. The molecule has 1 aromatic carbocycles. The van der Waals surface area contributed by atoms with E-state index in [9.17, 15) is 4.79 Å². The number of benzene rings is 1. The van der Waals surface area contributed by atoms with Gasteiger partial charge in [-0.2, -0.15) is 0 Å². The van der Waals surface area contributed by atoms with Crippen LogP contribution in [0.5, 0.6) is 5.75 Å². The molecule has 7 heteroatoms. The quantitative estimate of drug-likeness (QED) is 0.673. The van der Waals surface area contributed by atoms with Crippen LogP contribution in [-0.2, 0) is 4.79 Å². The molecule has 0 atom stereocenters. The molecule has 0 radical (unpaired) electrons. The molecule has 2 aromatic heterocycles. The van der Waals surface area contributed by atoms with Gasteiger partial charge in [-0.1, -0.05) is 11.8 Å². The van der Waals surface area contributed by atoms with Crippen LogP contribution >= 0.6 is 11.8 Å². The first-order valence-electron chi connectivity index (χ1n) is 8.40. The topological polar surface area (TPSA) is 59.7 Å². The Morgan fingerprint density at radius 1 is 1.24 bits per heavy atom. The smallest absolute Gasteiger partial charge is 0.233 e. The summed E-state index contributed by atoms with van der Waals surface area (Å²) in [4.78, 5) is 14.3. The maximum atomic E-state index is 12.3. The third-order valence-corrected chi connectivity index (χ3v) is 5.53. The summed E-state index contributed by atoms with van der Waals surface area (Å²) in [6.45, 7) is 3.77. The van der Waals surface area contributed by atoms with Crippen LogP contribution in [0.1, 0.15) is 18.4 Å². The van der Waals surface area contributed by atoms with E-state index in [1.54, 1.807) is 7.11 Å². The maximum absolute atomic E-state index is 12.3. The van der Waals surface area contributed by atoms with E-state index >= 15 is 0 Å². The van der Waals surface area contributed by atoms with Gasteiger partial charge in [0.15, 0.2) is 10.8 Å². The number of pyridine rings is 1. The lowest BCUT2D eigenvalue weighted by Gasteiger charge is -2.14. The summed E-state index contributed by atoms with van der Waals surface area (Å²) in [6.07, 6.45) is 2.21. The second kappa shape index (κ2) is 6.55. The summed E-state index contributed by atoms with van der Waals surface area (Å²) in [7, 11) is 1.66. The highest BCUT2D eigenvalue weighted by Crippen LogP contribution is 2.28. The number of likely N-dealkylation sites (tertiary alicyclic amines) is 1. The average Bonchev–Trinajstić information content (AvgIpc) is 3.29. The monoisotopic (exact) mass is 356 g/mol. The normalized spacial score (nSPS) is 14.6. The number of aryl methyl sites for hydroxylation is 1. The largest absolute Gasteiger partial charge is 0.497 e. The number of ether oxygens (including phenoxy) is 1. The highest BCUT2D eigenvalue weighted by molar-refractivity contribution is 7.99. The van der Waals surface area contributed by atoms with Gasteiger partial charge in [0.05, 0.1) is 18.4 Å². The number of aromatic nitrogens is 3. The minimum Gasteiger partial charge on any atom is -0.497 e. The van der Waals surface area contributed by atoms with Gasteiger partial charge in [0, 0.05) is 18.5 Å². The highest BCUT2D eigenvalue weighted by Gasteiger charge is 2.19. The van der Waals surface area contributed by atoms with Gasteiger partial charge in [-0.05, 0) is 49.6 Å². The van der Waals surface area contributed by atoms with Crippen molar-refractivity contribution in [3.05, 3.63) is 29.8 Å². The summed E-state index contributed by atoms with van der Waals surface area (Å²) in [6, 6.07) is 8.04. The minimum absolute atomic E-state index is 0.179. The first-order valence-corrected chi connectivity index (χ1v) is 9.39. The number of fused-ring (bicyclic) bond motifs is 3. The Morgan fingerprint density at radius 2 is 2.04 bits per heavy atom. The third-order valence-electron chi connectivity index (χ3n) is 4.62. The Kier molecular flexibility index (Phi) is 4.25. The number of methoxy groups -OCH3 is 1. The Balaban J connectivity index is 1.70. The highest BCUT2D eigenvalue weighted by atomic mass is 32.2. The van der Waals surface area contributed by atoms with Crippen molar-refractivity contribution in [2.45, 2.75) is 24.9 Å². The number of rotatable bonds is 4. The van der Waals surface area contributed by atoms with Gasteiger partial charge in [0.1, 0.15) is 5.75 Å². The summed E-state index contributed by atoms with van der Waals surface area (Å²) in [5.74, 6) is 1.39. The molecule has 1 aliphatic rings. The van der Waals surface area contributed by atoms with Gasteiger partial charge in [-0.15, -0.1) is 10.2 Å². The lowest BCUT2D eigenvalue weighted by molar-refractivity contribution is -0.127. The number of hydrogen-bond donors (Lipinski definition) is 0. The molecule has 0 N–H and O–H groups in total. The number of carbonyl (C=O) groups excluding carboxylic acids is 1. The molecule has 3 heterocycles. The van der Waals surface area contributed by atoms with Crippen LogP contribution in [0.4, 0.5) is 0 Å². The van der Waals surface area contributed by atoms with Crippen LogP contribution in [0.3, 0.4) is 0 Å². The molecular weight excluding hydrogens is 336 g/mol. The molecule has 3 aromatic rings. The molecule has 0 saturated carbocycles. The van der Waals surface area contributed by atoms with E-state index in [0.29, 0.717) is 5.75 Å². The fourth-order valence-electron chi connectivity index (χ4n) is 3.30. The van der Waals surface area contributed by atoms with Gasteiger partial charge in [0.25, 0.3) is 0 Å². The Morgan fingerprint density at radius 3 is 2.80 bits per heavy atom. The molecular formula is C18H20N4O2S. The van der Waals surface area contributed by atoms with E-state index in [4.69, 9.17) is 4.74 Å². The number of nitrogens with zero attached hydrogens (tertiary/aromatic N) is 4. The lowest BCUT2D eigenvalue weighted by Crippen LogP contribution is -2.29. The zero-order valence-corrected chi connectivity index (χ0v) is 15.2.